The average molecular weight is 288 g/mol. The summed E-state index contributed by atoms with van der Waals surface area (Å²) in [6.07, 6.45) is 0.479. The van der Waals surface area contributed by atoms with Gasteiger partial charge in [-0.25, -0.2) is 8.42 Å². The lowest BCUT2D eigenvalue weighted by molar-refractivity contribution is -0.142. The van der Waals surface area contributed by atoms with E-state index >= 15 is 0 Å². The minimum absolute atomic E-state index is 0.0498. The molecule has 1 saturated carbocycles. The lowest BCUT2D eigenvalue weighted by Gasteiger charge is -2.13. The summed E-state index contributed by atoms with van der Waals surface area (Å²) in [4.78, 5) is 22.9. The number of hydrogen-bond acceptors (Lipinski definition) is 4. The molecule has 5 nitrogen and oxygen atoms in total. The monoisotopic (exact) mass is 288 g/mol. The summed E-state index contributed by atoms with van der Waals surface area (Å²) in [5.41, 5.74) is 0.725. The van der Waals surface area contributed by atoms with Crippen LogP contribution in [0.4, 0.5) is 0 Å². The highest BCUT2D eigenvalue weighted by molar-refractivity contribution is 7.95. The second-order valence-corrected chi connectivity index (χ2v) is 7.25. The van der Waals surface area contributed by atoms with Gasteiger partial charge in [-0.3, -0.25) is 9.59 Å². The molecule has 6 heteroatoms. The standard InChI is InChI=1S/C13H20O5S/c1-4-12(8(2)3)19(17,18)7-10-5-9(13(15)16)6-11(10)14/h9-10H,4-7H2,1-3H3,(H,15,16). The van der Waals surface area contributed by atoms with Gasteiger partial charge in [-0.2, -0.15) is 0 Å². The van der Waals surface area contributed by atoms with Crippen molar-refractivity contribution in [1.29, 1.82) is 0 Å². The predicted octanol–water partition coefficient (Wildman–Crippen LogP) is 1.79. The van der Waals surface area contributed by atoms with Crippen molar-refractivity contribution in [1.82, 2.24) is 0 Å². The third-order valence-corrected chi connectivity index (χ3v) is 5.78. The number of Topliss-reactive ketones (excluding diaryl/α,β-unsaturated/α-hetero) is 1. The van der Waals surface area contributed by atoms with E-state index in [2.05, 4.69) is 0 Å². The summed E-state index contributed by atoms with van der Waals surface area (Å²) in [6.45, 7) is 5.22. The number of carboxylic acids is 1. The van der Waals surface area contributed by atoms with Gasteiger partial charge in [0.15, 0.2) is 9.84 Å². The fourth-order valence-corrected chi connectivity index (χ4v) is 4.68. The Hall–Kier alpha value is -1.17. The molecule has 0 radical (unpaired) electrons. The summed E-state index contributed by atoms with van der Waals surface area (Å²) in [6, 6.07) is 0. The van der Waals surface area contributed by atoms with Crippen LogP contribution in [0.5, 0.6) is 0 Å². The van der Waals surface area contributed by atoms with Gasteiger partial charge < -0.3 is 5.11 Å². The van der Waals surface area contributed by atoms with E-state index in [9.17, 15) is 18.0 Å². The molecule has 1 aliphatic rings. The van der Waals surface area contributed by atoms with Gasteiger partial charge in [0.2, 0.25) is 0 Å². The van der Waals surface area contributed by atoms with Crippen molar-refractivity contribution in [2.75, 3.05) is 5.75 Å². The van der Waals surface area contributed by atoms with Crippen molar-refractivity contribution in [3.63, 3.8) is 0 Å². The zero-order chi connectivity index (χ0) is 14.8. The van der Waals surface area contributed by atoms with E-state index < -0.39 is 27.6 Å². The molecule has 0 aromatic heterocycles. The number of carbonyl (C=O) groups is 2. The molecule has 0 aromatic rings. The van der Waals surface area contributed by atoms with Gasteiger partial charge in [-0.1, -0.05) is 12.5 Å². The van der Waals surface area contributed by atoms with Crippen LogP contribution in [0.2, 0.25) is 0 Å². The van der Waals surface area contributed by atoms with Crippen LogP contribution < -0.4 is 0 Å². The Kier molecular flexibility index (Phi) is 4.90. The maximum Gasteiger partial charge on any atom is 0.306 e. The smallest absolute Gasteiger partial charge is 0.306 e. The molecule has 0 bridgehead atoms. The first-order chi connectivity index (χ1) is 8.69. The van der Waals surface area contributed by atoms with Crippen LogP contribution in [0.1, 0.15) is 40.0 Å². The van der Waals surface area contributed by atoms with Crippen LogP contribution in [0.3, 0.4) is 0 Å². The van der Waals surface area contributed by atoms with Crippen molar-refractivity contribution >= 4 is 21.6 Å². The van der Waals surface area contributed by atoms with Crippen molar-refractivity contribution in [2.24, 2.45) is 11.8 Å². The quantitative estimate of drug-likeness (QED) is 0.833. The predicted molar refractivity (Wildman–Crippen MR) is 71.3 cm³/mol. The summed E-state index contributed by atoms with van der Waals surface area (Å²) in [7, 11) is -3.47. The number of allylic oxidation sites excluding steroid dienone is 2. The van der Waals surface area contributed by atoms with Crippen LogP contribution in [-0.4, -0.2) is 31.0 Å². The topological polar surface area (TPSA) is 88.5 Å². The van der Waals surface area contributed by atoms with Crippen LogP contribution >= 0.6 is 0 Å². The minimum atomic E-state index is -3.47. The lowest BCUT2D eigenvalue weighted by Crippen LogP contribution is -2.21. The average Bonchev–Trinajstić information content (AvgIpc) is 2.59. The molecule has 0 amide bonds. The molecule has 108 valence electrons. The van der Waals surface area contributed by atoms with E-state index in [4.69, 9.17) is 5.11 Å². The highest BCUT2D eigenvalue weighted by Gasteiger charge is 2.39. The number of carbonyl (C=O) groups excluding carboxylic acids is 1. The Labute approximate surface area is 113 Å². The zero-order valence-electron chi connectivity index (χ0n) is 11.5. The molecule has 0 aromatic carbocycles. The van der Waals surface area contributed by atoms with Crippen LogP contribution in [0.25, 0.3) is 0 Å². The highest BCUT2D eigenvalue weighted by Crippen LogP contribution is 2.31. The molecule has 2 unspecified atom stereocenters. The lowest BCUT2D eigenvalue weighted by atomic mass is 10.1. The molecule has 1 fully saturated rings. The molecule has 0 saturated heterocycles. The van der Waals surface area contributed by atoms with Crippen molar-refractivity contribution in [2.45, 2.75) is 40.0 Å². The molecular formula is C13H20O5S. The van der Waals surface area contributed by atoms with Gasteiger partial charge in [0.05, 0.1) is 11.7 Å². The van der Waals surface area contributed by atoms with Crippen LogP contribution in [0, 0.1) is 11.8 Å². The minimum Gasteiger partial charge on any atom is -0.481 e. The largest absolute Gasteiger partial charge is 0.481 e. The molecule has 0 heterocycles. The second-order valence-electron chi connectivity index (χ2n) is 5.20. The Morgan fingerprint density at radius 3 is 2.32 bits per heavy atom. The second kappa shape index (κ2) is 5.86. The number of hydrogen-bond donors (Lipinski definition) is 1. The van der Waals surface area contributed by atoms with Crippen LogP contribution in [-0.2, 0) is 19.4 Å². The number of aliphatic carboxylic acids is 1. The van der Waals surface area contributed by atoms with Gasteiger partial charge in [0.1, 0.15) is 5.78 Å². The first kappa shape index (κ1) is 15.9. The van der Waals surface area contributed by atoms with E-state index in [1.165, 1.54) is 0 Å². The molecule has 0 aliphatic heterocycles. The summed E-state index contributed by atoms with van der Waals surface area (Å²) in [5.74, 6) is -2.94. The Morgan fingerprint density at radius 2 is 1.95 bits per heavy atom. The Balaban J connectivity index is 2.89. The van der Waals surface area contributed by atoms with Gasteiger partial charge >= 0.3 is 5.97 Å². The van der Waals surface area contributed by atoms with E-state index in [1.54, 1.807) is 20.8 Å². The Bertz CT molecular complexity index is 511. The van der Waals surface area contributed by atoms with Gasteiger partial charge in [-0.15, -0.1) is 0 Å². The van der Waals surface area contributed by atoms with Crippen molar-refractivity contribution < 1.29 is 23.1 Å². The maximum atomic E-state index is 12.2. The molecule has 19 heavy (non-hydrogen) atoms. The number of sulfone groups is 1. The summed E-state index contributed by atoms with van der Waals surface area (Å²) < 4.78 is 24.4. The van der Waals surface area contributed by atoms with E-state index in [-0.39, 0.29) is 24.4 Å². The molecule has 0 spiro atoms. The van der Waals surface area contributed by atoms with Crippen LogP contribution in [0.15, 0.2) is 10.5 Å². The van der Waals surface area contributed by atoms with Crippen molar-refractivity contribution in [3.8, 4) is 0 Å². The summed E-state index contributed by atoms with van der Waals surface area (Å²) in [5, 5.41) is 8.88. The van der Waals surface area contributed by atoms with Gasteiger partial charge in [-0.05, 0) is 26.7 Å². The Morgan fingerprint density at radius 1 is 1.37 bits per heavy atom. The first-order valence-corrected chi connectivity index (χ1v) is 7.98. The van der Waals surface area contributed by atoms with Gasteiger partial charge in [0.25, 0.3) is 0 Å². The van der Waals surface area contributed by atoms with Gasteiger partial charge in [0, 0.05) is 17.2 Å². The maximum absolute atomic E-state index is 12.2. The molecule has 1 rings (SSSR count). The molecule has 2 atom stereocenters. The van der Waals surface area contributed by atoms with Crippen molar-refractivity contribution in [3.05, 3.63) is 10.5 Å². The van der Waals surface area contributed by atoms with E-state index in [0.717, 1.165) is 5.57 Å². The number of carboxylic acid groups (broad SMARTS) is 1. The fourth-order valence-electron chi connectivity index (χ4n) is 2.57. The zero-order valence-corrected chi connectivity index (χ0v) is 12.3. The third-order valence-electron chi connectivity index (χ3n) is 3.50. The summed E-state index contributed by atoms with van der Waals surface area (Å²) >= 11 is 0. The first-order valence-electron chi connectivity index (χ1n) is 6.33. The number of ketones is 1. The molecule has 1 aliphatic carbocycles. The normalized spacial score (nSPS) is 23.4. The fraction of sp³-hybridized carbons (Fsp3) is 0.692. The van der Waals surface area contributed by atoms with E-state index in [1.807, 2.05) is 0 Å². The number of rotatable bonds is 5. The SMILES string of the molecule is CCC(=C(C)C)S(=O)(=O)CC1CC(C(=O)O)CC1=O. The third kappa shape index (κ3) is 3.65. The molecule has 1 N–H and O–H groups in total. The van der Waals surface area contributed by atoms with E-state index in [0.29, 0.717) is 11.3 Å². The highest BCUT2D eigenvalue weighted by atomic mass is 32.2. The molecular weight excluding hydrogens is 268 g/mol.